The Morgan fingerprint density at radius 3 is 1.03 bits per heavy atom. The summed E-state index contributed by atoms with van der Waals surface area (Å²) in [6.07, 6.45) is 0. The molecule has 0 aliphatic heterocycles. The third kappa shape index (κ3) is 9.09. The minimum Gasteiger partial charge on any atom is -0.506 e. The number of ether oxygens (including phenoxy) is 2. The van der Waals surface area contributed by atoms with Crippen molar-refractivity contribution in [3.63, 3.8) is 0 Å². The van der Waals surface area contributed by atoms with Gasteiger partial charge in [0, 0.05) is 34.1 Å². The molecule has 4 rings (SSSR count). The van der Waals surface area contributed by atoms with Crippen LogP contribution < -0.4 is 0 Å². The summed E-state index contributed by atoms with van der Waals surface area (Å²) in [6, 6.07) is 34.2. The van der Waals surface area contributed by atoms with Crippen molar-refractivity contribution >= 4 is 23.1 Å². The Bertz CT molecular complexity index is 862. The van der Waals surface area contributed by atoms with E-state index in [1.807, 2.05) is 60.7 Å². The molecule has 0 heterocycles. The average molecular weight is 512 g/mol. The third-order valence-electron chi connectivity index (χ3n) is 4.04. The largest absolute Gasteiger partial charge is 0.506 e. The van der Waals surface area contributed by atoms with E-state index in [-0.39, 0.29) is 45.3 Å². The van der Waals surface area contributed by atoms with Crippen LogP contribution in [0.25, 0.3) is 11.1 Å². The van der Waals surface area contributed by atoms with Gasteiger partial charge in [-0.3, -0.25) is 0 Å². The monoisotopic (exact) mass is 512 g/mol. The molecular formula is C26H24Fe2O4-4. The molecule has 0 radical (unpaired) electrons. The summed E-state index contributed by atoms with van der Waals surface area (Å²) in [5, 5.41) is 0. The smallest absolute Gasteiger partial charge is 0.234 e. The van der Waals surface area contributed by atoms with Gasteiger partial charge in [0.05, 0.1) is 14.2 Å². The predicted molar refractivity (Wildman–Crippen MR) is 119 cm³/mol. The summed E-state index contributed by atoms with van der Waals surface area (Å²) in [5.74, 6) is -1.14. The molecule has 0 atom stereocenters. The number of carbonyl (C=O) groups is 2. The van der Waals surface area contributed by atoms with Crippen LogP contribution in [-0.2, 0) is 53.2 Å². The molecule has 32 heavy (non-hydrogen) atoms. The van der Waals surface area contributed by atoms with Crippen molar-refractivity contribution < 1.29 is 53.2 Å². The minimum atomic E-state index is -0.571. The van der Waals surface area contributed by atoms with E-state index in [1.165, 1.54) is 14.2 Å². The summed E-state index contributed by atoms with van der Waals surface area (Å²) >= 11 is 0. The SMILES string of the molecule is COC(=O)C(=C(C(=O)OC)[c-]1cccc1)[c-]1cccc1.[Fe].[Fe].c1cc[cH-]c1.c1cc[cH-]c1. The Labute approximate surface area is 210 Å². The van der Waals surface area contributed by atoms with Gasteiger partial charge in [0.15, 0.2) is 0 Å². The fourth-order valence-electron chi connectivity index (χ4n) is 2.66. The first-order valence-corrected chi connectivity index (χ1v) is 9.37. The molecule has 0 aromatic heterocycles. The first-order chi connectivity index (χ1) is 14.7. The van der Waals surface area contributed by atoms with Crippen molar-refractivity contribution in [2.75, 3.05) is 14.2 Å². The van der Waals surface area contributed by atoms with Gasteiger partial charge in [-0.25, -0.2) is 24.3 Å². The molecule has 0 saturated heterocycles. The molecule has 0 fully saturated rings. The summed E-state index contributed by atoms with van der Waals surface area (Å²) in [7, 11) is 2.57. The van der Waals surface area contributed by atoms with Crippen LogP contribution in [0, 0.1) is 0 Å². The molecule has 0 aliphatic rings. The van der Waals surface area contributed by atoms with E-state index in [9.17, 15) is 9.59 Å². The van der Waals surface area contributed by atoms with Gasteiger partial charge in [0.2, 0.25) is 11.9 Å². The molecular weight excluding hydrogens is 488 g/mol. The van der Waals surface area contributed by atoms with E-state index in [0.717, 1.165) is 0 Å². The van der Waals surface area contributed by atoms with Gasteiger partial charge in [-0.15, -0.1) is 35.4 Å². The molecule has 0 unspecified atom stereocenters. The maximum atomic E-state index is 12.1. The number of hydrogen-bond acceptors (Lipinski definition) is 4. The standard InChI is InChI=1S/C16H14O4.2C5H5.2Fe/c1-19-15(17)13(11-7-3-4-8-11)14(16(18)20-2)12-9-5-6-10-12;2*1-2-4-5-3-1;;/h3-10H,1-2H3;2*1-5H;;/q-2;2*-1;;. The van der Waals surface area contributed by atoms with Crippen LogP contribution in [0.2, 0.25) is 0 Å². The Morgan fingerprint density at radius 2 is 0.844 bits per heavy atom. The number of carbonyl (C=O) groups excluding carboxylic acids is 2. The van der Waals surface area contributed by atoms with E-state index < -0.39 is 11.9 Å². The molecule has 0 aliphatic carbocycles. The molecule has 0 saturated carbocycles. The average Bonchev–Trinajstić information content (AvgIpc) is 3.59. The van der Waals surface area contributed by atoms with Crippen molar-refractivity contribution in [1.29, 1.82) is 0 Å². The van der Waals surface area contributed by atoms with Crippen molar-refractivity contribution in [3.8, 4) is 0 Å². The van der Waals surface area contributed by atoms with E-state index >= 15 is 0 Å². The Balaban J connectivity index is 0.000000657. The van der Waals surface area contributed by atoms with Crippen LogP contribution in [0.5, 0.6) is 0 Å². The van der Waals surface area contributed by atoms with E-state index in [2.05, 4.69) is 0 Å². The summed E-state index contributed by atoms with van der Waals surface area (Å²) in [4.78, 5) is 24.2. The predicted octanol–water partition coefficient (Wildman–Crippen LogP) is 5.19. The van der Waals surface area contributed by atoms with Gasteiger partial charge in [-0.2, -0.15) is 60.7 Å². The second-order valence-corrected chi connectivity index (χ2v) is 6.00. The van der Waals surface area contributed by atoms with Gasteiger partial charge in [0.25, 0.3) is 0 Å². The zero-order valence-corrected chi connectivity index (χ0v) is 19.9. The van der Waals surface area contributed by atoms with Crippen molar-refractivity contribution in [3.05, 3.63) is 120 Å². The van der Waals surface area contributed by atoms with E-state index in [4.69, 9.17) is 9.47 Å². The van der Waals surface area contributed by atoms with Crippen LogP contribution in [0.4, 0.5) is 0 Å². The molecule has 4 aromatic carbocycles. The van der Waals surface area contributed by atoms with Crippen molar-refractivity contribution in [2.24, 2.45) is 0 Å². The summed E-state index contributed by atoms with van der Waals surface area (Å²) < 4.78 is 9.61. The molecule has 0 bridgehead atoms. The van der Waals surface area contributed by atoms with Crippen LogP contribution in [0.15, 0.2) is 109 Å². The van der Waals surface area contributed by atoms with Gasteiger partial charge in [-0.1, -0.05) is 11.1 Å². The molecule has 172 valence electrons. The number of methoxy groups -OCH3 is 2. The normalized spacial score (nSPS) is 9.81. The fraction of sp³-hybridized carbons (Fsp3) is 0.0769. The zero-order chi connectivity index (χ0) is 21.6. The topological polar surface area (TPSA) is 52.6 Å². The van der Waals surface area contributed by atoms with Crippen LogP contribution in [-0.4, -0.2) is 26.2 Å². The van der Waals surface area contributed by atoms with E-state index in [1.54, 1.807) is 48.5 Å². The maximum Gasteiger partial charge on any atom is 0.234 e. The van der Waals surface area contributed by atoms with Crippen molar-refractivity contribution in [2.45, 2.75) is 0 Å². The van der Waals surface area contributed by atoms with Gasteiger partial charge < -0.3 is 19.1 Å². The second kappa shape index (κ2) is 16.8. The Kier molecular flexibility index (Phi) is 15.3. The van der Waals surface area contributed by atoms with Gasteiger partial charge in [0.1, 0.15) is 0 Å². The first kappa shape index (κ1) is 29.1. The molecule has 0 spiro atoms. The number of esters is 2. The fourth-order valence-corrected chi connectivity index (χ4v) is 2.66. The Hall–Kier alpha value is -2.88. The van der Waals surface area contributed by atoms with Gasteiger partial charge in [-0.05, 0) is 0 Å². The summed E-state index contributed by atoms with van der Waals surface area (Å²) in [6.45, 7) is 0. The number of rotatable bonds is 4. The van der Waals surface area contributed by atoms with Crippen LogP contribution >= 0.6 is 0 Å². The molecule has 0 N–H and O–H groups in total. The molecule has 0 amide bonds. The molecule has 6 heteroatoms. The minimum absolute atomic E-state index is 0. The quantitative estimate of drug-likeness (QED) is 0.164. The van der Waals surface area contributed by atoms with Crippen LogP contribution in [0.1, 0.15) is 11.1 Å². The number of hydrogen-bond donors (Lipinski definition) is 0. The van der Waals surface area contributed by atoms with Crippen LogP contribution in [0.3, 0.4) is 0 Å². The second-order valence-electron chi connectivity index (χ2n) is 6.00. The van der Waals surface area contributed by atoms with Gasteiger partial charge >= 0.3 is 0 Å². The Morgan fingerprint density at radius 1 is 0.562 bits per heavy atom. The van der Waals surface area contributed by atoms with Crippen molar-refractivity contribution in [1.82, 2.24) is 0 Å². The maximum absolute atomic E-state index is 12.1. The molecule has 4 nitrogen and oxygen atoms in total. The third-order valence-corrected chi connectivity index (χ3v) is 4.04. The zero-order valence-electron chi connectivity index (χ0n) is 17.7. The molecule has 4 aromatic rings. The summed E-state index contributed by atoms with van der Waals surface area (Å²) in [5.41, 5.74) is 1.66. The first-order valence-electron chi connectivity index (χ1n) is 9.37. The van der Waals surface area contributed by atoms with E-state index in [0.29, 0.717) is 11.1 Å².